The Labute approximate surface area is 125 Å². The van der Waals surface area contributed by atoms with Crippen molar-refractivity contribution in [3.63, 3.8) is 0 Å². The molecule has 3 heteroatoms. The summed E-state index contributed by atoms with van der Waals surface area (Å²) in [6.07, 6.45) is 2.91. The molecule has 1 atom stereocenters. The highest BCUT2D eigenvalue weighted by atomic mass is 16.3. The number of aromatic nitrogens is 1. The second-order valence-electron chi connectivity index (χ2n) is 5.25. The first-order valence-corrected chi connectivity index (χ1v) is 7.43. The highest BCUT2D eigenvalue weighted by Gasteiger charge is 2.19. The van der Waals surface area contributed by atoms with Crippen LogP contribution >= 0.6 is 0 Å². The lowest BCUT2D eigenvalue weighted by atomic mass is 10.0. The third-order valence-electron chi connectivity index (χ3n) is 3.69. The molecule has 1 N–H and O–H groups in total. The fourth-order valence-corrected chi connectivity index (χ4v) is 2.60. The normalized spacial score (nSPS) is 12.7. The van der Waals surface area contributed by atoms with E-state index < -0.39 is 0 Å². The van der Waals surface area contributed by atoms with Crippen LogP contribution in [0.4, 0.5) is 0 Å². The van der Waals surface area contributed by atoms with Crippen LogP contribution in [-0.2, 0) is 0 Å². The van der Waals surface area contributed by atoms with Crippen LogP contribution in [0.25, 0.3) is 11.0 Å². The Morgan fingerprint density at radius 3 is 2.81 bits per heavy atom. The third kappa shape index (κ3) is 2.83. The standard InChI is InChI=1S/C18H20N2O/c1-3-10-20-18(15-8-6-11-19-13(15)2)17-12-14-7-4-5-9-16(14)21-17/h4-9,11-12,18,20H,3,10H2,1-2H3. The van der Waals surface area contributed by atoms with Gasteiger partial charge in [-0.2, -0.15) is 0 Å². The Hall–Kier alpha value is -2.13. The molecule has 1 aromatic carbocycles. The summed E-state index contributed by atoms with van der Waals surface area (Å²) in [6, 6.07) is 14.4. The summed E-state index contributed by atoms with van der Waals surface area (Å²) in [7, 11) is 0. The van der Waals surface area contributed by atoms with Gasteiger partial charge in [-0.3, -0.25) is 4.98 Å². The van der Waals surface area contributed by atoms with E-state index >= 15 is 0 Å². The van der Waals surface area contributed by atoms with E-state index in [9.17, 15) is 0 Å². The molecule has 0 fully saturated rings. The molecule has 1 unspecified atom stereocenters. The maximum atomic E-state index is 6.05. The zero-order valence-corrected chi connectivity index (χ0v) is 12.5. The van der Waals surface area contributed by atoms with Gasteiger partial charge in [0.25, 0.3) is 0 Å². The molecule has 0 amide bonds. The molecule has 0 aliphatic carbocycles. The molecule has 3 nitrogen and oxygen atoms in total. The molecule has 0 saturated heterocycles. The highest BCUT2D eigenvalue weighted by Crippen LogP contribution is 2.29. The van der Waals surface area contributed by atoms with Crippen molar-refractivity contribution in [1.29, 1.82) is 0 Å². The molecule has 0 radical (unpaired) electrons. The third-order valence-corrected chi connectivity index (χ3v) is 3.69. The van der Waals surface area contributed by atoms with Gasteiger partial charge in [0.15, 0.2) is 0 Å². The van der Waals surface area contributed by atoms with Gasteiger partial charge in [0, 0.05) is 17.3 Å². The lowest BCUT2D eigenvalue weighted by molar-refractivity contribution is 0.467. The van der Waals surface area contributed by atoms with Crippen molar-refractivity contribution in [3.8, 4) is 0 Å². The van der Waals surface area contributed by atoms with E-state index in [1.807, 2.05) is 37.4 Å². The van der Waals surface area contributed by atoms with Gasteiger partial charge in [0.2, 0.25) is 0 Å². The predicted octanol–water partition coefficient (Wildman–Crippen LogP) is 4.23. The monoisotopic (exact) mass is 280 g/mol. The van der Waals surface area contributed by atoms with Gasteiger partial charge in [-0.15, -0.1) is 0 Å². The first-order valence-electron chi connectivity index (χ1n) is 7.43. The largest absolute Gasteiger partial charge is 0.459 e. The fourth-order valence-electron chi connectivity index (χ4n) is 2.60. The number of fused-ring (bicyclic) bond motifs is 1. The molecule has 2 heterocycles. The SMILES string of the molecule is CCCNC(c1cc2ccccc2o1)c1cccnc1C. The van der Waals surface area contributed by atoms with Crippen molar-refractivity contribution in [1.82, 2.24) is 10.3 Å². The second kappa shape index (κ2) is 6.10. The van der Waals surface area contributed by atoms with Crippen molar-refractivity contribution in [3.05, 3.63) is 65.7 Å². The van der Waals surface area contributed by atoms with E-state index in [2.05, 4.69) is 35.4 Å². The summed E-state index contributed by atoms with van der Waals surface area (Å²) in [5, 5.41) is 4.71. The number of aryl methyl sites for hydroxylation is 1. The van der Waals surface area contributed by atoms with Gasteiger partial charge >= 0.3 is 0 Å². The molecule has 2 aromatic heterocycles. The second-order valence-corrected chi connectivity index (χ2v) is 5.25. The Morgan fingerprint density at radius 1 is 1.19 bits per heavy atom. The maximum absolute atomic E-state index is 6.05. The van der Waals surface area contributed by atoms with Crippen LogP contribution < -0.4 is 5.32 Å². The summed E-state index contributed by atoms with van der Waals surface area (Å²) in [6.45, 7) is 5.15. The van der Waals surface area contributed by atoms with E-state index in [4.69, 9.17) is 4.42 Å². The summed E-state index contributed by atoms with van der Waals surface area (Å²) in [5.74, 6) is 0.945. The minimum Gasteiger partial charge on any atom is -0.459 e. The maximum Gasteiger partial charge on any atom is 0.134 e. The molecule has 21 heavy (non-hydrogen) atoms. The van der Waals surface area contributed by atoms with Crippen LogP contribution in [0.2, 0.25) is 0 Å². The number of para-hydroxylation sites is 1. The van der Waals surface area contributed by atoms with Crippen molar-refractivity contribution >= 4 is 11.0 Å². The summed E-state index contributed by atoms with van der Waals surface area (Å²) < 4.78 is 6.05. The average Bonchev–Trinajstić information content (AvgIpc) is 2.93. The molecule has 0 bridgehead atoms. The van der Waals surface area contributed by atoms with Crippen molar-refractivity contribution < 1.29 is 4.42 Å². The van der Waals surface area contributed by atoms with Gasteiger partial charge in [0.05, 0.1) is 6.04 Å². The van der Waals surface area contributed by atoms with E-state index in [0.717, 1.165) is 35.4 Å². The van der Waals surface area contributed by atoms with Crippen LogP contribution in [0, 0.1) is 6.92 Å². The van der Waals surface area contributed by atoms with Gasteiger partial charge in [-0.25, -0.2) is 0 Å². The molecule has 108 valence electrons. The Bertz CT molecular complexity index is 700. The topological polar surface area (TPSA) is 38.1 Å². The zero-order valence-electron chi connectivity index (χ0n) is 12.5. The fraction of sp³-hybridized carbons (Fsp3) is 0.278. The van der Waals surface area contributed by atoms with Crippen molar-refractivity contribution in [2.75, 3.05) is 6.54 Å². The Balaban J connectivity index is 2.04. The number of furan rings is 1. The molecular weight excluding hydrogens is 260 g/mol. The number of benzene rings is 1. The zero-order chi connectivity index (χ0) is 14.7. The van der Waals surface area contributed by atoms with Crippen molar-refractivity contribution in [2.45, 2.75) is 26.3 Å². The quantitative estimate of drug-likeness (QED) is 0.760. The van der Waals surface area contributed by atoms with E-state index in [-0.39, 0.29) is 6.04 Å². The van der Waals surface area contributed by atoms with Crippen LogP contribution in [0.15, 0.2) is 53.1 Å². The first kappa shape index (κ1) is 13.8. The highest BCUT2D eigenvalue weighted by molar-refractivity contribution is 5.78. The minimum absolute atomic E-state index is 0.0473. The van der Waals surface area contributed by atoms with Crippen molar-refractivity contribution in [2.24, 2.45) is 0 Å². The molecule has 0 spiro atoms. The smallest absolute Gasteiger partial charge is 0.134 e. The molecule has 3 aromatic rings. The number of nitrogens with zero attached hydrogens (tertiary/aromatic N) is 1. The van der Waals surface area contributed by atoms with Crippen LogP contribution in [0.5, 0.6) is 0 Å². The molecular formula is C18H20N2O. The lowest BCUT2D eigenvalue weighted by Crippen LogP contribution is -2.23. The van der Waals surface area contributed by atoms with Crippen LogP contribution in [0.1, 0.15) is 36.4 Å². The van der Waals surface area contributed by atoms with Gasteiger partial charge in [0.1, 0.15) is 11.3 Å². The summed E-state index contributed by atoms with van der Waals surface area (Å²) in [4.78, 5) is 4.41. The minimum atomic E-state index is 0.0473. The van der Waals surface area contributed by atoms with Gasteiger partial charge < -0.3 is 9.73 Å². The molecule has 0 saturated carbocycles. The van der Waals surface area contributed by atoms with Gasteiger partial charge in [-0.1, -0.05) is 31.2 Å². The molecule has 3 rings (SSSR count). The Morgan fingerprint density at radius 2 is 2.05 bits per heavy atom. The predicted molar refractivity (Wildman–Crippen MR) is 85.3 cm³/mol. The van der Waals surface area contributed by atoms with E-state index in [1.54, 1.807) is 0 Å². The van der Waals surface area contributed by atoms with Crippen LogP contribution in [-0.4, -0.2) is 11.5 Å². The van der Waals surface area contributed by atoms with Crippen LogP contribution in [0.3, 0.4) is 0 Å². The molecule has 0 aliphatic rings. The number of pyridine rings is 1. The number of hydrogen-bond acceptors (Lipinski definition) is 3. The average molecular weight is 280 g/mol. The molecule has 0 aliphatic heterocycles. The van der Waals surface area contributed by atoms with E-state index in [1.165, 1.54) is 5.56 Å². The summed E-state index contributed by atoms with van der Waals surface area (Å²) >= 11 is 0. The number of nitrogens with one attached hydrogen (secondary N) is 1. The Kier molecular flexibility index (Phi) is 4.02. The number of rotatable bonds is 5. The van der Waals surface area contributed by atoms with Gasteiger partial charge in [-0.05, 0) is 43.7 Å². The summed E-state index contributed by atoms with van der Waals surface area (Å²) in [5.41, 5.74) is 3.13. The van der Waals surface area contributed by atoms with E-state index in [0.29, 0.717) is 0 Å². The lowest BCUT2D eigenvalue weighted by Gasteiger charge is -2.18. The number of hydrogen-bond donors (Lipinski definition) is 1. The first-order chi connectivity index (χ1) is 10.3.